The van der Waals surface area contributed by atoms with Crippen LogP contribution in [0.1, 0.15) is 0 Å². The molecule has 0 bridgehead atoms. The van der Waals surface area contributed by atoms with E-state index >= 15 is 0 Å². The van der Waals surface area contributed by atoms with Crippen LogP contribution in [0.2, 0.25) is 0 Å². The largest absolute Gasteiger partial charge is 0.481 e. The highest BCUT2D eigenvalue weighted by Crippen LogP contribution is 2.16. The van der Waals surface area contributed by atoms with Gasteiger partial charge in [0.2, 0.25) is 0 Å². The van der Waals surface area contributed by atoms with Crippen molar-refractivity contribution in [1.82, 2.24) is 0 Å². The minimum atomic E-state index is -0.671. The molecule has 114 valence electrons. The van der Waals surface area contributed by atoms with Crippen LogP contribution in [-0.4, -0.2) is 18.5 Å². The number of anilines is 2. The molecule has 0 radical (unpaired) electrons. The zero-order chi connectivity index (χ0) is 15.9. The van der Waals surface area contributed by atoms with Crippen molar-refractivity contribution in [2.24, 2.45) is 5.73 Å². The van der Waals surface area contributed by atoms with Crippen LogP contribution in [0.25, 0.3) is 0 Å². The Kier molecular flexibility index (Phi) is 4.92. The van der Waals surface area contributed by atoms with E-state index in [1.807, 2.05) is 0 Å². The third kappa shape index (κ3) is 4.48. The van der Waals surface area contributed by atoms with Crippen molar-refractivity contribution in [1.29, 1.82) is 0 Å². The Morgan fingerprint density at radius 2 is 1.59 bits per heavy atom. The number of carbonyl (C=O) groups is 2. The Morgan fingerprint density at radius 1 is 1.00 bits per heavy atom. The second-order valence-corrected chi connectivity index (χ2v) is 4.33. The zero-order valence-electron chi connectivity index (χ0n) is 11.5. The van der Waals surface area contributed by atoms with Gasteiger partial charge >= 0.3 is 6.03 Å². The monoisotopic (exact) mass is 303 g/mol. The Balaban J connectivity index is 1.87. The fourth-order valence-corrected chi connectivity index (χ4v) is 1.68. The Morgan fingerprint density at radius 3 is 2.18 bits per heavy atom. The van der Waals surface area contributed by atoms with Gasteiger partial charge < -0.3 is 21.1 Å². The lowest BCUT2D eigenvalue weighted by atomic mass is 10.3. The van der Waals surface area contributed by atoms with E-state index in [0.717, 1.165) is 0 Å². The number of para-hydroxylation sites is 1. The van der Waals surface area contributed by atoms with Crippen LogP contribution < -0.4 is 21.1 Å². The fraction of sp³-hybridized carbons (Fsp3) is 0.0667. The summed E-state index contributed by atoms with van der Waals surface area (Å²) in [5, 5.41) is 4.98. The van der Waals surface area contributed by atoms with E-state index in [4.69, 9.17) is 10.5 Å². The predicted octanol–water partition coefficient (Wildman–Crippen LogP) is 2.33. The number of benzene rings is 2. The number of nitrogens with two attached hydrogens (primary N) is 1. The summed E-state index contributed by atoms with van der Waals surface area (Å²) >= 11 is 0. The SMILES string of the molecule is NC(=O)Nc1ccc(NC(=O)COc2ccccc2F)cc1. The standard InChI is InChI=1S/C15H14FN3O3/c16-12-3-1-2-4-13(12)22-9-14(20)18-10-5-7-11(8-6-10)19-15(17)21/h1-8H,9H2,(H,18,20)(H3,17,19,21). The van der Waals surface area contributed by atoms with Gasteiger partial charge in [-0.05, 0) is 36.4 Å². The van der Waals surface area contributed by atoms with E-state index in [1.165, 1.54) is 18.2 Å². The van der Waals surface area contributed by atoms with Crippen LogP contribution in [0.4, 0.5) is 20.6 Å². The summed E-state index contributed by atoms with van der Waals surface area (Å²) in [6, 6.07) is 11.5. The molecule has 0 unspecified atom stereocenters. The van der Waals surface area contributed by atoms with E-state index in [2.05, 4.69) is 10.6 Å². The van der Waals surface area contributed by atoms with Gasteiger partial charge in [-0.3, -0.25) is 4.79 Å². The van der Waals surface area contributed by atoms with Crippen LogP contribution >= 0.6 is 0 Å². The second-order valence-electron chi connectivity index (χ2n) is 4.33. The molecule has 0 atom stereocenters. The van der Waals surface area contributed by atoms with E-state index in [0.29, 0.717) is 11.4 Å². The summed E-state index contributed by atoms with van der Waals surface area (Å²) in [5.41, 5.74) is 6.00. The van der Waals surface area contributed by atoms with Crippen LogP contribution in [-0.2, 0) is 4.79 Å². The fourth-order valence-electron chi connectivity index (χ4n) is 1.68. The predicted molar refractivity (Wildman–Crippen MR) is 80.2 cm³/mol. The molecule has 0 aromatic heterocycles. The number of amides is 3. The average Bonchev–Trinajstić information content (AvgIpc) is 2.48. The second kappa shape index (κ2) is 7.07. The molecule has 4 N–H and O–H groups in total. The van der Waals surface area contributed by atoms with Gasteiger partial charge in [-0.25, -0.2) is 9.18 Å². The van der Waals surface area contributed by atoms with Gasteiger partial charge in [0, 0.05) is 11.4 Å². The van der Waals surface area contributed by atoms with Gasteiger partial charge in [0.05, 0.1) is 0 Å². The average molecular weight is 303 g/mol. The van der Waals surface area contributed by atoms with E-state index in [-0.39, 0.29) is 12.4 Å². The molecule has 7 heteroatoms. The molecule has 0 aliphatic rings. The van der Waals surface area contributed by atoms with Crippen molar-refractivity contribution in [2.45, 2.75) is 0 Å². The molecule has 22 heavy (non-hydrogen) atoms. The minimum absolute atomic E-state index is 0.0126. The topological polar surface area (TPSA) is 93.5 Å². The number of carbonyl (C=O) groups excluding carboxylic acids is 2. The van der Waals surface area contributed by atoms with Gasteiger partial charge in [-0.2, -0.15) is 0 Å². The lowest BCUT2D eigenvalue weighted by Gasteiger charge is -2.08. The first-order valence-electron chi connectivity index (χ1n) is 6.38. The van der Waals surface area contributed by atoms with Crippen molar-refractivity contribution in [3.63, 3.8) is 0 Å². The smallest absolute Gasteiger partial charge is 0.316 e. The molecule has 0 saturated heterocycles. The summed E-state index contributed by atoms with van der Waals surface area (Å²) in [6.45, 7) is -0.317. The number of halogens is 1. The number of primary amides is 1. The normalized spacial score (nSPS) is 9.86. The molecule has 6 nitrogen and oxygen atoms in total. The van der Waals surface area contributed by atoms with Crippen molar-refractivity contribution < 1.29 is 18.7 Å². The molecule has 2 aromatic rings. The summed E-state index contributed by atoms with van der Waals surface area (Å²) in [6.07, 6.45) is 0. The summed E-state index contributed by atoms with van der Waals surface area (Å²) in [5.74, 6) is -0.949. The maximum absolute atomic E-state index is 13.3. The number of hydrogen-bond donors (Lipinski definition) is 3. The molecule has 0 fully saturated rings. The number of hydrogen-bond acceptors (Lipinski definition) is 3. The molecule has 2 rings (SSSR count). The van der Waals surface area contributed by atoms with Crippen LogP contribution in [0.15, 0.2) is 48.5 Å². The van der Waals surface area contributed by atoms with Crippen LogP contribution in [0.5, 0.6) is 5.75 Å². The van der Waals surface area contributed by atoms with Crippen molar-refractivity contribution in [3.05, 3.63) is 54.3 Å². The lowest BCUT2D eigenvalue weighted by molar-refractivity contribution is -0.118. The minimum Gasteiger partial charge on any atom is -0.481 e. The van der Waals surface area contributed by atoms with Crippen molar-refractivity contribution in [2.75, 3.05) is 17.2 Å². The van der Waals surface area contributed by atoms with Gasteiger partial charge in [-0.15, -0.1) is 0 Å². The molecule has 0 aliphatic heterocycles. The Hall–Kier alpha value is -3.09. The molecular formula is C15H14FN3O3. The molecule has 0 spiro atoms. The van der Waals surface area contributed by atoms with E-state index in [9.17, 15) is 14.0 Å². The molecule has 0 saturated carbocycles. The molecule has 3 amide bonds. The quantitative estimate of drug-likeness (QED) is 0.791. The third-order valence-electron chi connectivity index (χ3n) is 2.63. The maximum atomic E-state index is 13.3. The van der Waals surface area contributed by atoms with Gasteiger partial charge in [0.15, 0.2) is 18.2 Å². The van der Waals surface area contributed by atoms with Gasteiger partial charge in [-0.1, -0.05) is 12.1 Å². The highest BCUT2D eigenvalue weighted by molar-refractivity contribution is 5.92. The zero-order valence-corrected chi connectivity index (χ0v) is 11.5. The number of urea groups is 1. The first-order valence-corrected chi connectivity index (χ1v) is 6.38. The van der Waals surface area contributed by atoms with Crippen molar-refractivity contribution >= 4 is 23.3 Å². The Labute approximate surface area is 126 Å². The third-order valence-corrected chi connectivity index (χ3v) is 2.63. The number of nitrogens with one attached hydrogen (secondary N) is 2. The van der Waals surface area contributed by atoms with Crippen LogP contribution in [0.3, 0.4) is 0 Å². The van der Waals surface area contributed by atoms with Gasteiger partial charge in [0.25, 0.3) is 5.91 Å². The molecular weight excluding hydrogens is 289 g/mol. The Bertz CT molecular complexity index is 674. The molecule has 2 aromatic carbocycles. The van der Waals surface area contributed by atoms with Crippen LogP contribution in [0, 0.1) is 5.82 Å². The summed E-state index contributed by atoms with van der Waals surface area (Å²) < 4.78 is 18.4. The summed E-state index contributed by atoms with van der Waals surface area (Å²) in [4.78, 5) is 22.4. The molecule has 0 heterocycles. The molecule has 0 aliphatic carbocycles. The van der Waals surface area contributed by atoms with E-state index < -0.39 is 17.8 Å². The van der Waals surface area contributed by atoms with E-state index in [1.54, 1.807) is 30.3 Å². The first kappa shape index (κ1) is 15.3. The first-order chi connectivity index (χ1) is 10.5. The van der Waals surface area contributed by atoms with Gasteiger partial charge in [0.1, 0.15) is 0 Å². The highest BCUT2D eigenvalue weighted by atomic mass is 19.1. The summed E-state index contributed by atoms with van der Waals surface area (Å²) in [7, 11) is 0. The maximum Gasteiger partial charge on any atom is 0.316 e. The number of rotatable bonds is 5. The van der Waals surface area contributed by atoms with Crippen molar-refractivity contribution in [3.8, 4) is 5.75 Å². The number of ether oxygens (including phenoxy) is 1. The highest BCUT2D eigenvalue weighted by Gasteiger charge is 2.07. The lowest BCUT2D eigenvalue weighted by Crippen LogP contribution is -2.21.